The summed E-state index contributed by atoms with van der Waals surface area (Å²) in [5.74, 6) is 6.30. The van der Waals surface area contributed by atoms with Crippen molar-refractivity contribution in [3.63, 3.8) is 0 Å². The number of nitrogens with zero attached hydrogens (tertiary/aromatic N) is 2. The Morgan fingerprint density at radius 2 is 2.10 bits per heavy atom. The standard InChI is InChI=1S/C14H20N4OS/c1-9-5-6-10(14(2,3)4)12(7-9)19-8-11-13(16-15)20-18-17-11/h5-7,16H,8,15H2,1-4H3. The quantitative estimate of drug-likeness (QED) is 0.669. The molecule has 0 aliphatic heterocycles. The molecule has 2 rings (SSSR count). The lowest BCUT2D eigenvalue weighted by atomic mass is 9.86. The van der Waals surface area contributed by atoms with E-state index in [1.54, 1.807) is 0 Å². The summed E-state index contributed by atoms with van der Waals surface area (Å²) in [5, 5.41) is 4.75. The van der Waals surface area contributed by atoms with Gasteiger partial charge in [-0.15, -0.1) is 5.10 Å². The maximum absolute atomic E-state index is 5.94. The average Bonchev–Trinajstić information content (AvgIpc) is 2.82. The van der Waals surface area contributed by atoms with Gasteiger partial charge in [0.25, 0.3) is 0 Å². The molecule has 0 spiro atoms. The van der Waals surface area contributed by atoms with Gasteiger partial charge in [-0.25, -0.2) is 5.84 Å². The highest BCUT2D eigenvalue weighted by Crippen LogP contribution is 2.32. The molecule has 0 saturated heterocycles. The SMILES string of the molecule is Cc1ccc(C(C)(C)C)c(OCc2nnsc2NN)c1. The highest BCUT2D eigenvalue weighted by molar-refractivity contribution is 7.10. The number of ether oxygens (including phenoxy) is 1. The summed E-state index contributed by atoms with van der Waals surface area (Å²) in [6.07, 6.45) is 0. The van der Waals surface area contributed by atoms with E-state index in [1.165, 1.54) is 22.7 Å². The zero-order valence-corrected chi connectivity index (χ0v) is 13.0. The van der Waals surface area contributed by atoms with E-state index in [-0.39, 0.29) is 5.41 Å². The Hall–Kier alpha value is -1.66. The van der Waals surface area contributed by atoms with Gasteiger partial charge in [0.05, 0.1) is 0 Å². The van der Waals surface area contributed by atoms with Gasteiger partial charge in [0, 0.05) is 11.5 Å². The first-order chi connectivity index (χ1) is 9.41. The Balaban J connectivity index is 2.23. The van der Waals surface area contributed by atoms with Crippen LogP contribution in [0.15, 0.2) is 18.2 Å². The number of anilines is 1. The maximum atomic E-state index is 5.94. The fraction of sp³-hybridized carbons (Fsp3) is 0.429. The number of hydrazine groups is 1. The van der Waals surface area contributed by atoms with Crippen molar-refractivity contribution >= 4 is 16.5 Å². The van der Waals surface area contributed by atoms with Crippen LogP contribution < -0.4 is 16.0 Å². The molecule has 0 radical (unpaired) electrons. The van der Waals surface area contributed by atoms with Gasteiger partial charge in [0.1, 0.15) is 18.1 Å². The Labute approximate surface area is 123 Å². The van der Waals surface area contributed by atoms with Crippen molar-refractivity contribution in [3.05, 3.63) is 35.0 Å². The summed E-state index contributed by atoms with van der Waals surface area (Å²) in [4.78, 5) is 0. The third-order valence-corrected chi connectivity index (χ3v) is 3.70. The Morgan fingerprint density at radius 1 is 1.35 bits per heavy atom. The number of aromatic nitrogens is 2. The van der Waals surface area contributed by atoms with Crippen LogP contribution in [0, 0.1) is 6.92 Å². The van der Waals surface area contributed by atoms with Crippen molar-refractivity contribution in [2.24, 2.45) is 5.84 Å². The molecule has 0 saturated carbocycles. The molecule has 0 aliphatic rings. The lowest BCUT2D eigenvalue weighted by Crippen LogP contribution is -2.14. The van der Waals surface area contributed by atoms with Crippen molar-refractivity contribution in [2.75, 3.05) is 5.43 Å². The molecule has 0 fully saturated rings. The Bertz CT molecular complexity index is 589. The van der Waals surface area contributed by atoms with E-state index >= 15 is 0 Å². The lowest BCUT2D eigenvalue weighted by Gasteiger charge is -2.23. The van der Waals surface area contributed by atoms with Crippen molar-refractivity contribution in [1.29, 1.82) is 0 Å². The van der Waals surface area contributed by atoms with Crippen molar-refractivity contribution in [1.82, 2.24) is 9.59 Å². The first kappa shape index (κ1) is 14.7. The number of rotatable bonds is 4. The molecule has 108 valence electrons. The Kier molecular flexibility index (Phi) is 4.25. The summed E-state index contributed by atoms with van der Waals surface area (Å²) < 4.78 is 9.80. The largest absolute Gasteiger partial charge is 0.487 e. The van der Waals surface area contributed by atoms with Crippen LogP contribution in [0.4, 0.5) is 5.00 Å². The predicted molar refractivity (Wildman–Crippen MR) is 81.9 cm³/mol. The van der Waals surface area contributed by atoms with Crippen LogP contribution in [-0.2, 0) is 12.0 Å². The molecule has 6 heteroatoms. The molecule has 0 bridgehead atoms. The van der Waals surface area contributed by atoms with E-state index in [0.717, 1.165) is 16.4 Å². The molecular formula is C14H20N4OS. The predicted octanol–water partition coefficient (Wildman–Crippen LogP) is 3.01. The number of hydrogen-bond donors (Lipinski definition) is 2. The first-order valence-electron chi connectivity index (χ1n) is 6.43. The minimum atomic E-state index is 0.0261. The van der Waals surface area contributed by atoms with E-state index in [0.29, 0.717) is 6.61 Å². The Morgan fingerprint density at radius 3 is 2.75 bits per heavy atom. The van der Waals surface area contributed by atoms with E-state index in [4.69, 9.17) is 10.6 Å². The molecular weight excluding hydrogens is 272 g/mol. The first-order valence-corrected chi connectivity index (χ1v) is 7.21. The molecule has 0 unspecified atom stereocenters. The zero-order chi connectivity index (χ0) is 14.8. The smallest absolute Gasteiger partial charge is 0.150 e. The van der Waals surface area contributed by atoms with Crippen LogP contribution in [0.1, 0.15) is 37.6 Å². The van der Waals surface area contributed by atoms with Gasteiger partial charge >= 0.3 is 0 Å². The molecule has 5 nitrogen and oxygen atoms in total. The van der Waals surface area contributed by atoms with Crippen molar-refractivity contribution in [3.8, 4) is 5.75 Å². The summed E-state index contributed by atoms with van der Waals surface area (Å²) in [7, 11) is 0. The second-order valence-electron chi connectivity index (χ2n) is 5.73. The van der Waals surface area contributed by atoms with Crippen LogP contribution in [0.2, 0.25) is 0 Å². The fourth-order valence-corrected chi connectivity index (χ4v) is 2.41. The number of hydrogen-bond acceptors (Lipinski definition) is 6. The zero-order valence-electron chi connectivity index (χ0n) is 12.2. The second kappa shape index (κ2) is 5.76. The number of nitrogen functional groups attached to an aromatic ring is 1. The van der Waals surface area contributed by atoms with E-state index in [1.807, 2.05) is 0 Å². The topological polar surface area (TPSA) is 73.1 Å². The molecule has 1 aromatic carbocycles. The molecule has 3 N–H and O–H groups in total. The third kappa shape index (κ3) is 3.26. The highest BCUT2D eigenvalue weighted by atomic mass is 32.1. The summed E-state index contributed by atoms with van der Waals surface area (Å²) >= 11 is 1.22. The molecule has 20 heavy (non-hydrogen) atoms. The summed E-state index contributed by atoms with van der Waals surface area (Å²) in [6.45, 7) is 8.91. The third-order valence-electron chi connectivity index (χ3n) is 3.00. The van der Waals surface area contributed by atoms with Crippen LogP contribution >= 0.6 is 11.5 Å². The lowest BCUT2D eigenvalue weighted by molar-refractivity contribution is 0.293. The van der Waals surface area contributed by atoms with Crippen molar-refractivity contribution < 1.29 is 4.74 Å². The molecule has 0 amide bonds. The summed E-state index contributed by atoms with van der Waals surface area (Å²) in [5.41, 5.74) is 5.67. The van der Waals surface area contributed by atoms with E-state index < -0.39 is 0 Å². The van der Waals surface area contributed by atoms with Crippen LogP contribution in [0.25, 0.3) is 0 Å². The number of aryl methyl sites for hydroxylation is 1. The van der Waals surface area contributed by atoms with E-state index in [9.17, 15) is 0 Å². The summed E-state index contributed by atoms with van der Waals surface area (Å²) in [6, 6.07) is 6.27. The minimum Gasteiger partial charge on any atom is -0.487 e. The highest BCUT2D eigenvalue weighted by Gasteiger charge is 2.19. The van der Waals surface area contributed by atoms with Gasteiger partial charge in [-0.1, -0.05) is 37.4 Å². The molecule has 1 aromatic heterocycles. The van der Waals surface area contributed by atoms with Crippen LogP contribution in [-0.4, -0.2) is 9.59 Å². The monoisotopic (exact) mass is 292 g/mol. The number of benzene rings is 1. The normalized spacial score (nSPS) is 11.4. The maximum Gasteiger partial charge on any atom is 0.150 e. The average molecular weight is 292 g/mol. The van der Waals surface area contributed by atoms with Gasteiger partial charge in [0.15, 0.2) is 5.00 Å². The fourth-order valence-electron chi connectivity index (χ4n) is 1.93. The molecule has 0 aliphatic carbocycles. The number of nitrogens with one attached hydrogen (secondary N) is 1. The second-order valence-corrected chi connectivity index (χ2v) is 6.49. The van der Waals surface area contributed by atoms with E-state index in [2.05, 4.69) is 60.9 Å². The molecule has 1 heterocycles. The van der Waals surface area contributed by atoms with Gasteiger partial charge in [-0.2, -0.15) is 0 Å². The molecule has 0 atom stereocenters. The van der Waals surface area contributed by atoms with Gasteiger partial charge < -0.3 is 10.2 Å². The van der Waals surface area contributed by atoms with Gasteiger partial charge in [-0.05, 0) is 29.5 Å². The van der Waals surface area contributed by atoms with Crippen molar-refractivity contribution in [2.45, 2.75) is 39.7 Å². The minimum absolute atomic E-state index is 0.0261. The van der Waals surface area contributed by atoms with Crippen LogP contribution in [0.5, 0.6) is 5.75 Å². The van der Waals surface area contributed by atoms with Gasteiger partial charge in [-0.3, -0.25) is 0 Å². The van der Waals surface area contributed by atoms with Gasteiger partial charge in [0.2, 0.25) is 0 Å². The molecule has 2 aromatic rings. The number of nitrogens with two attached hydrogens (primary N) is 1. The van der Waals surface area contributed by atoms with Crippen LogP contribution in [0.3, 0.4) is 0 Å².